The Morgan fingerprint density at radius 1 is 1.17 bits per heavy atom. The van der Waals surface area contributed by atoms with Gasteiger partial charge in [-0.3, -0.25) is 0 Å². The molecule has 0 unspecified atom stereocenters. The van der Waals surface area contributed by atoms with Crippen LogP contribution in [0.25, 0.3) is 26.1 Å². The zero-order valence-electron chi connectivity index (χ0n) is 15.2. The van der Waals surface area contributed by atoms with Crippen molar-refractivity contribution in [2.45, 2.75) is 19.7 Å². The van der Waals surface area contributed by atoms with Gasteiger partial charge in [-0.2, -0.15) is 13.2 Å². The van der Waals surface area contributed by atoms with Crippen LogP contribution in [-0.2, 0) is 12.8 Å². The number of alkyl halides is 3. The number of fused-ring (bicyclic) bond motifs is 5. The Labute approximate surface area is 179 Å². The SMILES string of the molecule is Cc1cc(C(F)(F)F)nc2sc3c(ncn4nc(COc5ccc(Br)cc5)nc34)c12. The molecule has 0 amide bonds. The molecule has 0 spiro atoms. The summed E-state index contributed by atoms with van der Waals surface area (Å²) in [6.45, 7) is 1.77. The van der Waals surface area contributed by atoms with Crippen molar-refractivity contribution < 1.29 is 17.9 Å². The molecule has 152 valence electrons. The van der Waals surface area contributed by atoms with Gasteiger partial charge in [0.2, 0.25) is 0 Å². The summed E-state index contributed by atoms with van der Waals surface area (Å²) in [5.74, 6) is 1.10. The summed E-state index contributed by atoms with van der Waals surface area (Å²) < 4.78 is 48.2. The summed E-state index contributed by atoms with van der Waals surface area (Å²) >= 11 is 4.49. The van der Waals surface area contributed by atoms with Crippen molar-refractivity contribution in [3.05, 3.63) is 58.2 Å². The van der Waals surface area contributed by atoms with Crippen LogP contribution in [0.15, 0.2) is 41.1 Å². The van der Waals surface area contributed by atoms with Crippen molar-refractivity contribution in [3.63, 3.8) is 0 Å². The zero-order chi connectivity index (χ0) is 21.0. The van der Waals surface area contributed by atoms with Crippen LogP contribution in [0.2, 0.25) is 0 Å². The van der Waals surface area contributed by atoms with E-state index in [0.717, 1.165) is 21.9 Å². The third-order valence-electron chi connectivity index (χ3n) is 4.48. The first kappa shape index (κ1) is 19.2. The maximum atomic E-state index is 13.1. The van der Waals surface area contributed by atoms with Crippen molar-refractivity contribution in [2.75, 3.05) is 0 Å². The van der Waals surface area contributed by atoms with E-state index in [0.29, 0.717) is 38.4 Å². The molecular weight excluding hydrogens is 483 g/mol. The molecule has 6 nitrogen and oxygen atoms in total. The molecule has 5 rings (SSSR count). The van der Waals surface area contributed by atoms with Gasteiger partial charge in [-0.25, -0.2) is 19.5 Å². The molecule has 30 heavy (non-hydrogen) atoms. The van der Waals surface area contributed by atoms with Crippen LogP contribution in [0, 0.1) is 6.92 Å². The summed E-state index contributed by atoms with van der Waals surface area (Å²) in [4.78, 5) is 13.0. The van der Waals surface area contributed by atoms with Crippen LogP contribution in [0.5, 0.6) is 5.75 Å². The van der Waals surface area contributed by atoms with Crippen LogP contribution in [-0.4, -0.2) is 24.6 Å². The summed E-state index contributed by atoms with van der Waals surface area (Å²) in [5, 5.41) is 4.96. The fourth-order valence-electron chi connectivity index (χ4n) is 3.14. The minimum Gasteiger partial charge on any atom is -0.486 e. The topological polar surface area (TPSA) is 65.2 Å². The molecular formula is C19H11BrF3N5OS. The van der Waals surface area contributed by atoms with E-state index in [-0.39, 0.29) is 11.4 Å². The molecule has 0 aliphatic rings. The lowest BCUT2D eigenvalue weighted by atomic mass is 10.1. The van der Waals surface area contributed by atoms with E-state index in [1.165, 1.54) is 10.8 Å². The molecule has 0 bridgehead atoms. The third kappa shape index (κ3) is 3.27. The minimum absolute atomic E-state index is 0.144. The molecule has 0 N–H and O–H groups in total. The Hall–Kier alpha value is -2.79. The lowest BCUT2D eigenvalue weighted by Crippen LogP contribution is -2.07. The lowest BCUT2D eigenvalue weighted by molar-refractivity contribution is -0.141. The van der Waals surface area contributed by atoms with Gasteiger partial charge in [-0.15, -0.1) is 16.4 Å². The highest BCUT2D eigenvalue weighted by Crippen LogP contribution is 2.38. The van der Waals surface area contributed by atoms with E-state index in [2.05, 4.69) is 36.0 Å². The number of pyridine rings is 1. The molecule has 4 aromatic heterocycles. The second-order valence-electron chi connectivity index (χ2n) is 6.57. The number of aromatic nitrogens is 5. The largest absolute Gasteiger partial charge is 0.486 e. The number of aryl methyl sites for hydroxylation is 1. The zero-order valence-corrected chi connectivity index (χ0v) is 17.6. The number of benzene rings is 1. The molecule has 11 heteroatoms. The molecule has 1 aromatic carbocycles. The smallest absolute Gasteiger partial charge is 0.433 e. The Balaban J connectivity index is 1.58. The molecule has 5 aromatic rings. The minimum atomic E-state index is -4.51. The Morgan fingerprint density at radius 2 is 1.93 bits per heavy atom. The summed E-state index contributed by atoms with van der Waals surface area (Å²) in [6.07, 6.45) is -3.01. The maximum Gasteiger partial charge on any atom is 0.433 e. The molecule has 0 atom stereocenters. The van der Waals surface area contributed by atoms with Gasteiger partial charge in [-0.05, 0) is 42.8 Å². The second-order valence-corrected chi connectivity index (χ2v) is 8.48. The van der Waals surface area contributed by atoms with E-state index in [4.69, 9.17) is 4.74 Å². The van der Waals surface area contributed by atoms with Gasteiger partial charge in [0.1, 0.15) is 33.9 Å². The van der Waals surface area contributed by atoms with Gasteiger partial charge < -0.3 is 4.74 Å². The Kier molecular flexibility index (Phi) is 4.40. The second kappa shape index (κ2) is 6.88. The molecule has 0 aliphatic heterocycles. The number of hydrogen-bond donors (Lipinski definition) is 0. The van der Waals surface area contributed by atoms with E-state index in [9.17, 15) is 13.2 Å². The highest BCUT2D eigenvalue weighted by atomic mass is 79.9. The Bertz CT molecular complexity index is 1410. The van der Waals surface area contributed by atoms with Gasteiger partial charge in [-0.1, -0.05) is 15.9 Å². The monoisotopic (exact) mass is 493 g/mol. The number of rotatable bonds is 3. The average Bonchev–Trinajstić information content (AvgIpc) is 3.27. The molecule has 0 radical (unpaired) electrons. The van der Waals surface area contributed by atoms with Crippen LogP contribution in [0.4, 0.5) is 13.2 Å². The fraction of sp³-hybridized carbons (Fsp3) is 0.158. The summed E-state index contributed by atoms with van der Waals surface area (Å²) in [7, 11) is 0. The van der Waals surface area contributed by atoms with Crippen molar-refractivity contribution >= 4 is 53.3 Å². The molecule has 0 saturated heterocycles. The number of nitrogens with zero attached hydrogens (tertiary/aromatic N) is 5. The quantitative estimate of drug-likeness (QED) is 0.329. The maximum absolute atomic E-state index is 13.1. The lowest BCUT2D eigenvalue weighted by Gasteiger charge is -2.06. The number of thiophene rings is 1. The van der Waals surface area contributed by atoms with Gasteiger partial charge in [0, 0.05) is 9.86 Å². The standard InChI is InChI=1S/C19H11BrF3N5OS/c1-9-6-12(19(21,22)23)25-18-14(9)15-16(30-18)17-26-13(27-28(17)8-24-15)7-29-11-4-2-10(20)3-5-11/h2-6,8H,7H2,1H3. The van der Waals surface area contributed by atoms with E-state index < -0.39 is 11.9 Å². The van der Waals surface area contributed by atoms with E-state index in [1.807, 2.05) is 24.3 Å². The highest BCUT2D eigenvalue weighted by Gasteiger charge is 2.33. The first-order valence-electron chi connectivity index (χ1n) is 8.69. The predicted octanol–water partition coefficient (Wildman–Crippen LogP) is 5.56. The summed E-state index contributed by atoms with van der Waals surface area (Å²) in [6, 6.07) is 8.40. The molecule has 0 aliphatic carbocycles. The van der Waals surface area contributed by atoms with Crippen LogP contribution in [0.1, 0.15) is 17.1 Å². The number of halogens is 4. The van der Waals surface area contributed by atoms with Crippen LogP contribution < -0.4 is 4.74 Å². The van der Waals surface area contributed by atoms with E-state index in [1.54, 1.807) is 6.92 Å². The molecule has 4 heterocycles. The number of ether oxygens (including phenoxy) is 1. The fourth-order valence-corrected chi connectivity index (χ4v) is 4.58. The van der Waals surface area contributed by atoms with Crippen molar-refractivity contribution in [3.8, 4) is 5.75 Å². The number of hydrogen-bond acceptors (Lipinski definition) is 6. The van der Waals surface area contributed by atoms with Crippen LogP contribution in [0.3, 0.4) is 0 Å². The third-order valence-corrected chi connectivity index (χ3v) is 6.08. The normalized spacial score (nSPS) is 12.3. The molecule has 0 fully saturated rings. The predicted molar refractivity (Wildman–Crippen MR) is 110 cm³/mol. The van der Waals surface area contributed by atoms with Gasteiger partial charge in [0.25, 0.3) is 0 Å². The highest BCUT2D eigenvalue weighted by molar-refractivity contribution is 9.10. The first-order valence-corrected chi connectivity index (χ1v) is 10.3. The van der Waals surface area contributed by atoms with Gasteiger partial charge in [0.15, 0.2) is 11.5 Å². The Morgan fingerprint density at radius 3 is 2.67 bits per heavy atom. The van der Waals surface area contributed by atoms with Crippen molar-refractivity contribution in [2.24, 2.45) is 0 Å². The average molecular weight is 494 g/mol. The van der Waals surface area contributed by atoms with Crippen molar-refractivity contribution in [1.29, 1.82) is 0 Å². The molecule has 0 saturated carbocycles. The first-order chi connectivity index (χ1) is 14.3. The van der Waals surface area contributed by atoms with Gasteiger partial charge in [0.05, 0.1) is 5.52 Å². The summed E-state index contributed by atoms with van der Waals surface area (Å²) in [5.41, 5.74) is 0.619. The van der Waals surface area contributed by atoms with Crippen LogP contribution >= 0.6 is 27.3 Å². The van der Waals surface area contributed by atoms with E-state index >= 15 is 0 Å². The van der Waals surface area contributed by atoms with Gasteiger partial charge >= 0.3 is 6.18 Å². The van der Waals surface area contributed by atoms with Crippen molar-refractivity contribution in [1.82, 2.24) is 24.6 Å².